The Balaban J connectivity index is 4.67. The second-order valence-corrected chi connectivity index (χ2v) is 2.19. The van der Waals surface area contributed by atoms with Crippen molar-refractivity contribution in [2.24, 2.45) is 0 Å². The third-order valence-electron chi connectivity index (χ3n) is 1.24. The summed E-state index contributed by atoms with van der Waals surface area (Å²) in [6.45, 7) is -3.40. The van der Waals surface area contributed by atoms with Crippen LogP contribution in [0.2, 0.25) is 0 Å². The lowest BCUT2D eigenvalue weighted by Gasteiger charge is -2.26. The van der Waals surface area contributed by atoms with Gasteiger partial charge in [0.25, 0.3) is 5.85 Å². The van der Waals surface area contributed by atoms with Crippen LogP contribution in [0.5, 0.6) is 0 Å². The first-order chi connectivity index (χ1) is 6.25. The summed E-state index contributed by atoms with van der Waals surface area (Å²) in [5.74, 6) is -5.20. The van der Waals surface area contributed by atoms with Crippen LogP contribution in [-0.4, -0.2) is 50.9 Å². The van der Waals surface area contributed by atoms with Gasteiger partial charge in [-0.15, -0.1) is 0 Å². The minimum absolute atomic E-state index is 0.992. The molecule has 0 radical (unpaired) electrons. The fourth-order valence-corrected chi connectivity index (χ4v) is 0.492. The highest BCUT2D eigenvalue weighted by molar-refractivity contribution is 5.81. The minimum Gasteiger partial charge on any atom is -0.393 e. The lowest BCUT2D eigenvalue weighted by atomic mass is 10.0. The summed E-state index contributed by atoms with van der Waals surface area (Å²) in [6, 6.07) is 0. The zero-order valence-corrected chi connectivity index (χ0v) is 6.01. The molecule has 0 fully saturated rings. The predicted molar refractivity (Wildman–Crippen MR) is 35.8 cm³/mol. The molecule has 6 heteroatoms. The number of carbonyl (C=O) groups excluding carboxylic acids is 1. The van der Waals surface area contributed by atoms with Crippen molar-refractivity contribution in [3.63, 3.8) is 0 Å². The topological polar surface area (TPSA) is 98.0 Å². The minimum atomic E-state index is -3.83. The number of alkyl halides is 1. The standard InChI is InChI=1S/C6H11FO5/c1-3(9)5(11)6(7,12)4(10)2-8/h4-5,8,10-12H,2H2,1H3/t4-,5-,6-/m1/s1/i1D,2D/t2?,4-,5-,6-. The Labute approximate surface area is 70.9 Å². The van der Waals surface area contributed by atoms with E-state index in [4.69, 9.17) is 23.2 Å². The average Bonchev–Trinajstić information content (AvgIpc) is 2.13. The Morgan fingerprint density at radius 1 is 1.83 bits per heavy atom. The van der Waals surface area contributed by atoms with Gasteiger partial charge < -0.3 is 20.4 Å². The molecule has 0 saturated carbocycles. The van der Waals surface area contributed by atoms with Crippen LogP contribution < -0.4 is 0 Å². The molecule has 0 aromatic carbocycles. The van der Waals surface area contributed by atoms with Crippen LogP contribution in [0.4, 0.5) is 4.39 Å². The third-order valence-corrected chi connectivity index (χ3v) is 1.24. The maximum absolute atomic E-state index is 13.0. The van der Waals surface area contributed by atoms with Crippen molar-refractivity contribution in [2.75, 3.05) is 6.58 Å². The van der Waals surface area contributed by atoms with Gasteiger partial charge in [0.1, 0.15) is 6.10 Å². The highest BCUT2D eigenvalue weighted by Crippen LogP contribution is 2.18. The smallest absolute Gasteiger partial charge is 0.268 e. The first kappa shape index (κ1) is 8.06. The maximum Gasteiger partial charge on any atom is 0.268 e. The first-order valence-electron chi connectivity index (χ1n) is 4.23. The molecule has 0 aliphatic heterocycles. The third kappa shape index (κ3) is 2.21. The molecular formula is C6H11FO5. The van der Waals surface area contributed by atoms with Crippen LogP contribution in [0.1, 0.15) is 9.64 Å². The van der Waals surface area contributed by atoms with Gasteiger partial charge in [-0.2, -0.15) is 0 Å². The van der Waals surface area contributed by atoms with Gasteiger partial charge in [0.05, 0.1) is 7.95 Å². The normalized spacial score (nSPS) is 26.1. The van der Waals surface area contributed by atoms with Crippen molar-refractivity contribution in [1.82, 2.24) is 0 Å². The molecule has 0 spiro atoms. The van der Waals surface area contributed by atoms with Crippen molar-refractivity contribution < 1.29 is 32.4 Å². The lowest BCUT2D eigenvalue weighted by Crippen LogP contribution is -2.52. The van der Waals surface area contributed by atoms with Crippen LogP contribution in [0.15, 0.2) is 0 Å². The molecule has 0 bridgehead atoms. The maximum atomic E-state index is 13.0. The van der Waals surface area contributed by atoms with Gasteiger partial charge in [-0.1, -0.05) is 0 Å². The molecule has 0 aromatic heterocycles. The molecule has 0 aliphatic carbocycles. The van der Waals surface area contributed by atoms with E-state index in [1.165, 1.54) is 0 Å². The summed E-state index contributed by atoms with van der Waals surface area (Å²) < 4.78 is 26.0. The van der Waals surface area contributed by atoms with Crippen molar-refractivity contribution in [3.8, 4) is 0 Å². The molecule has 12 heavy (non-hydrogen) atoms. The van der Waals surface area contributed by atoms with E-state index in [0.29, 0.717) is 0 Å². The van der Waals surface area contributed by atoms with Crippen molar-refractivity contribution >= 4 is 5.78 Å². The van der Waals surface area contributed by atoms with Crippen LogP contribution in [-0.2, 0) is 4.79 Å². The van der Waals surface area contributed by atoms with Crippen LogP contribution in [0.3, 0.4) is 0 Å². The summed E-state index contributed by atoms with van der Waals surface area (Å²) >= 11 is 0. The van der Waals surface area contributed by atoms with Crippen molar-refractivity contribution in [2.45, 2.75) is 25.0 Å². The zero-order chi connectivity index (χ0) is 11.5. The summed E-state index contributed by atoms with van der Waals surface area (Å²) in [6.07, 6.45) is -5.30. The average molecular weight is 184 g/mol. The summed E-state index contributed by atoms with van der Waals surface area (Å²) in [7, 11) is 0. The van der Waals surface area contributed by atoms with E-state index < -0.39 is 37.3 Å². The van der Waals surface area contributed by atoms with Crippen molar-refractivity contribution in [1.29, 1.82) is 0 Å². The number of aliphatic hydroxyl groups excluding tert-OH is 3. The fraction of sp³-hybridized carbons (Fsp3) is 0.833. The van der Waals surface area contributed by atoms with Gasteiger partial charge in [-0.25, -0.2) is 4.39 Å². The highest BCUT2D eigenvalue weighted by atomic mass is 19.2. The van der Waals surface area contributed by atoms with Crippen LogP contribution >= 0.6 is 0 Å². The Morgan fingerprint density at radius 3 is 2.67 bits per heavy atom. The SMILES string of the molecule is [2H]CC(=O)[C@@H](O)[C@@](O)(F)[C@H](O)C([2H])O. The largest absolute Gasteiger partial charge is 0.393 e. The second kappa shape index (κ2) is 3.90. The van der Waals surface area contributed by atoms with E-state index in [2.05, 4.69) is 0 Å². The van der Waals surface area contributed by atoms with Gasteiger partial charge >= 0.3 is 0 Å². The summed E-state index contributed by atoms with van der Waals surface area (Å²) in [5, 5.41) is 34.7. The van der Waals surface area contributed by atoms with Crippen LogP contribution in [0.25, 0.3) is 0 Å². The molecule has 0 amide bonds. The van der Waals surface area contributed by atoms with E-state index in [9.17, 15) is 9.18 Å². The lowest BCUT2D eigenvalue weighted by molar-refractivity contribution is -0.229. The van der Waals surface area contributed by atoms with Gasteiger partial charge in [0.2, 0.25) is 0 Å². The van der Waals surface area contributed by atoms with E-state index in [1.807, 2.05) is 0 Å². The Hall–Kier alpha value is -0.560. The zero-order valence-electron chi connectivity index (χ0n) is 8.01. The molecule has 0 rings (SSSR count). The fourth-order valence-electron chi connectivity index (χ4n) is 0.492. The first-order valence-corrected chi connectivity index (χ1v) is 2.94. The summed E-state index contributed by atoms with van der Waals surface area (Å²) in [5.41, 5.74) is 0. The molecular weight excluding hydrogens is 171 g/mol. The van der Waals surface area contributed by atoms with E-state index in [1.54, 1.807) is 0 Å². The Kier molecular flexibility index (Phi) is 2.62. The Morgan fingerprint density at radius 2 is 2.33 bits per heavy atom. The number of hydrogen-bond acceptors (Lipinski definition) is 5. The number of Topliss-reactive ketones (excluding diaryl/α,β-unsaturated/α-hetero) is 1. The van der Waals surface area contributed by atoms with Crippen molar-refractivity contribution in [3.05, 3.63) is 0 Å². The van der Waals surface area contributed by atoms with Gasteiger partial charge in [0, 0.05) is 1.37 Å². The molecule has 0 aromatic rings. The van der Waals surface area contributed by atoms with Gasteiger partial charge in [-0.05, 0) is 6.90 Å². The van der Waals surface area contributed by atoms with Gasteiger partial charge in [-0.3, -0.25) is 4.79 Å². The van der Waals surface area contributed by atoms with E-state index in [-0.39, 0.29) is 0 Å². The number of aliphatic hydroxyl groups is 4. The number of rotatable bonds is 4. The monoisotopic (exact) mass is 184 g/mol. The number of halogens is 1. The molecule has 1 unspecified atom stereocenters. The molecule has 72 valence electrons. The van der Waals surface area contributed by atoms with E-state index >= 15 is 0 Å². The predicted octanol–water partition coefficient (Wildman–Crippen LogP) is -2.05. The Bertz CT molecular complexity index is 210. The second-order valence-electron chi connectivity index (χ2n) is 2.19. The molecule has 4 N–H and O–H groups in total. The molecule has 4 atom stereocenters. The molecule has 0 aliphatic rings. The highest BCUT2D eigenvalue weighted by Gasteiger charge is 2.45. The number of ketones is 1. The summed E-state index contributed by atoms with van der Waals surface area (Å²) in [4.78, 5) is 10.6. The number of hydrogen-bond donors (Lipinski definition) is 4. The van der Waals surface area contributed by atoms with Gasteiger partial charge in [0.15, 0.2) is 11.9 Å². The number of carbonyl (C=O) groups is 1. The quantitative estimate of drug-likeness (QED) is 0.403. The van der Waals surface area contributed by atoms with Crippen LogP contribution in [0, 0.1) is 0 Å². The molecule has 5 nitrogen and oxygen atoms in total. The molecule has 0 heterocycles. The van der Waals surface area contributed by atoms with E-state index in [0.717, 1.165) is 0 Å². The molecule has 0 saturated heterocycles.